The van der Waals surface area contributed by atoms with Gasteiger partial charge in [-0.25, -0.2) is 0 Å². The number of hydrogen-bond acceptors (Lipinski definition) is 6. The van der Waals surface area contributed by atoms with E-state index in [4.69, 9.17) is 4.52 Å². The van der Waals surface area contributed by atoms with Crippen LogP contribution >= 0.6 is 0 Å². The zero-order chi connectivity index (χ0) is 24.9. The van der Waals surface area contributed by atoms with E-state index in [-0.39, 0.29) is 17.9 Å². The lowest BCUT2D eigenvalue weighted by Crippen LogP contribution is -2.43. The highest BCUT2D eigenvalue weighted by Crippen LogP contribution is 2.24. The lowest BCUT2D eigenvalue weighted by molar-refractivity contribution is -0.127. The molecule has 0 spiro atoms. The Morgan fingerprint density at radius 1 is 1.03 bits per heavy atom. The maximum Gasteiger partial charge on any atom is 0.241 e. The minimum Gasteiger partial charge on any atom is -0.372 e. The molecule has 7 heteroatoms. The summed E-state index contributed by atoms with van der Waals surface area (Å²) in [6.45, 7) is 8.60. The molecule has 5 rings (SSSR count). The van der Waals surface area contributed by atoms with Gasteiger partial charge in [-0.1, -0.05) is 47.1 Å². The highest BCUT2D eigenvalue weighted by Gasteiger charge is 2.28. The zero-order valence-electron chi connectivity index (χ0n) is 21.4. The van der Waals surface area contributed by atoms with Crippen LogP contribution in [0.25, 0.3) is 11.4 Å². The normalized spacial score (nSPS) is 19.7. The molecule has 2 atom stereocenters. The van der Waals surface area contributed by atoms with Crippen molar-refractivity contribution in [3.8, 4) is 11.4 Å². The second kappa shape index (κ2) is 11.2. The average Bonchev–Trinajstić information content (AvgIpc) is 3.38. The molecule has 2 aliphatic heterocycles. The number of carbonyl (C=O) groups excluding carboxylic acids is 1. The van der Waals surface area contributed by atoms with Crippen molar-refractivity contribution in [3.05, 3.63) is 65.5 Å². The molecule has 190 valence electrons. The summed E-state index contributed by atoms with van der Waals surface area (Å²) in [5.74, 6) is 1.29. The highest BCUT2D eigenvalue weighted by atomic mass is 16.5. The van der Waals surface area contributed by atoms with Crippen molar-refractivity contribution in [3.63, 3.8) is 0 Å². The van der Waals surface area contributed by atoms with Gasteiger partial charge in [-0.3, -0.25) is 9.69 Å². The first-order valence-electron chi connectivity index (χ1n) is 13.3. The van der Waals surface area contributed by atoms with Crippen LogP contribution in [-0.4, -0.2) is 47.1 Å². The predicted molar refractivity (Wildman–Crippen MR) is 142 cm³/mol. The van der Waals surface area contributed by atoms with Gasteiger partial charge in [0.25, 0.3) is 0 Å². The van der Waals surface area contributed by atoms with Gasteiger partial charge >= 0.3 is 0 Å². The van der Waals surface area contributed by atoms with Gasteiger partial charge in [0, 0.05) is 30.9 Å². The molecule has 2 aliphatic rings. The number of nitrogens with one attached hydrogen (secondary N) is 1. The van der Waals surface area contributed by atoms with E-state index in [1.807, 2.05) is 24.3 Å². The summed E-state index contributed by atoms with van der Waals surface area (Å²) in [6.07, 6.45) is 5.76. The summed E-state index contributed by atoms with van der Waals surface area (Å²) < 4.78 is 5.52. The van der Waals surface area contributed by atoms with Crippen LogP contribution in [0.1, 0.15) is 62.1 Å². The fourth-order valence-corrected chi connectivity index (χ4v) is 5.28. The van der Waals surface area contributed by atoms with E-state index in [1.54, 1.807) is 0 Å². The maximum absolute atomic E-state index is 13.1. The molecule has 0 aliphatic carbocycles. The Morgan fingerprint density at radius 2 is 1.78 bits per heavy atom. The summed E-state index contributed by atoms with van der Waals surface area (Å²) in [7, 11) is 0. The number of likely N-dealkylation sites (tertiary alicyclic amines) is 1. The van der Waals surface area contributed by atoms with Crippen molar-refractivity contribution in [2.45, 2.75) is 58.5 Å². The average molecular weight is 488 g/mol. The van der Waals surface area contributed by atoms with Gasteiger partial charge in [-0.15, -0.1) is 0 Å². The lowest BCUT2D eigenvalue weighted by Gasteiger charge is -2.31. The summed E-state index contributed by atoms with van der Waals surface area (Å²) in [5, 5.41) is 7.40. The van der Waals surface area contributed by atoms with Crippen molar-refractivity contribution in [2.75, 3.05) is 31.1 Å². The van der Waals surface area contributed by atoms with Crippen LogP contribution in [0.2, 0.25) is 0 Å². The predicted octanol–water partition coefficient (Wildman–Crippen LogP) is 5.12. The molecule has 3 heterocycles. The number of hydrogen-bond donors (Lipinski definition) is 1. The van der Waals surface area contributed by atoms with Crippen LogP contribution in [0, 0.1) is 12.8 Å². The fraction of sp³-hybridized carbons (Fsp3) is 0.483. The number of rotatable bonds is 7. The monoisotopic (exact) mass is 487 g/mol. The molecule has 0 saturated carbocycles. The third-order valence-electron chi connectivity index (χ3n) is 7.49. The molecule has 36 heavy (non-hydrogen) atoms. The molecule has 2 fully saturated rings. The molecule has 2 aromatic carbocycles. The fourth-order valence-electron chi connectivity index (χ4n) is 5.28. The first-order valence-corrected chi connectivity index (χ1v) is 13.3. The molecule has 1 aromatic heterocycles. The van der Waals surface area contributed by atoms with Gasteiger partial charge in [0.2, 0.25) is 17.6 Å². The Labute approximate surface area is 213 Å². The second-order valence-corrected chi connectivity index (χ2v) is 10.3. The van der Waals surface area contributed by atoms with E-state index in [2.05, 4.69) is 63.4 Å². The standard InChI is InChI=1S/C29H37N5O2/c1-21-8-10-24(11-9-21)28-31-27(36-32-28)20-33-16-6-7-25(19-33)29(35)30-22(2)23-12-14-26(15-13-23)34-17-4-3-5-18-34/h8-15,22,25H,3-7,16-20H2,1-2H3,(H,30,35). The summed E-state index contributed by atoms with van der Waals surface area (Å²) in [6, 6.07) is 16.8. The van der Waals surface area contributed by atoms with Crippen LogP contribution in [0.3, 0.4) is 0 Å². The van der Waals surface area contributed by atoms with Crippen LogP contribution in [0.15, 0.2) is 53.1 Å². The van der Waals surface area contributed by atoms with Gasteiger partial charge < -0.3 is 14.7 Å². The van der Waals surface area contributed by atoms with Gasteiger partial charge in [0.1, 0.15) is 0 Å². The lowest BCUT2D eigenvalue weighted by atomic mass is 9.96. The molecule has 0 radical (unpaired) electrons. The van der Waals surface area contributed by atoms with E-state index >= 15 is 0 Å². The first-order chi connectivity index (χ1) is 17.5. The summed E-state index contributed by atoms with van der Waals surface area (Å²) >= 11 is 0. The van der Waals surface area contributed by atoms with E-state index in [0.717, 1.165) is 43.6 Å². The third kappa shape index (κ3) is 5.95. The number of carbonyl (C=O) groups is 1. The van der Waals surface area contributed by atoms with Gasteiger partial charge in [-0.2, -0.15) is 4.98 Å². The number of amides is 1. The molecular formula is C29H37N5O2. The number of anilines is 1. The Balaban J connectivity index is 1.14. The molecule has 1 amide bonds. The van der Waals surface area contributed by atoms with Crippen LogP contribution in [-0.2, 0) is 11.3 Å². The Hall–Kier alpha value is -3.19. The molecule has 2 saturated heterocycles. The largest absolute Gasteiger partial charge is 0.372 e. The number of piperidine rings is 2. The molecule has 1 N–H and O–H groups in total. The van der Waals surface area contributed by atoms with E-state index < -0.39 is 0 Å². The van der Waals surface area contributed by atoms with Crippen molar-refractivity contribution in [1.82, 2.24) is 20.4 Å². The smallest absolute Gasteiger partial charge is 0.241 e. The molecule has 7 nitrogen and oxygen atoms in total. The second-order valence-electron chi connectivity index (χ2n) is 10.3. The topological polar surface area (TPSA) is 74.5 Å². The first kappa shape index (κ1) is 24.5. The van der Waals surface area contributed by atoms with Gasteiger partial charge in [-0.05, 0) is 70.2 Å². The van der Waals surface area contributed by atoms with E-state index in [1.165, 1.54) is 30.5 Å². The number of aromatic nitrogens is 2. The zero-order valence-corrected chi connectivity index (χ0v) is 21.4. The molecule has 3 aromatic rings. The Morgan fingerprint density at radius 3 is 2.53 bits per heavy atom. The van der Waals surface area contributed by atoms with Crippen molar-refractivity contribution in [1.29, 1.82) is 0 Å². The summed E-state index contributed by atoms with van der Waals surface area (Å²) in [4.78, 5) is 22.4. The van der Waals surface area contributed by atoms with E-state index in [9.17, 15) is 4.79 Å². The van der Waals surface area contributed by atoms with Crippen LogP contribution < -0.4 is 10.2 Å². The summed E-state index contributed by atoms with van der Waals surface area (Å²) in [5.41, 5.74) is 4.58. The highest BCUT2D eigenvalue weighted by molar-refractivity contribution is 5.79. The van der Waals surface area contributed by atoms with Crippen molar-refractivity contribution >= 4 is 11.6 Å². The molecular weight excluding hydrogens is 450 g/mol. The van der Waals surface area contributed by atoms with Crippen molar-refractivity contribution in [2.24, 2.45) is 5.92 Å². The minimum atomic E-state index is -0.0340. The number of nitrogens with zero attached hydrogens (tertiary/aromatic N) is 4. The van der Waals surface area contributed by atoms with Crippen molar-refractivity contribution < 1.29 is 9.32 Å². The Bertz CT molecular complexity index is 1140. The minimum absolute atomic E-state index is 0.0173. The maximum atomic E-state index is 13.1. The molecule has 0 bridgehead atoms. The van der Waals surface area contributed by atoms with Crippen LogP contribution in [0.4, 0.5) is 5.69 Å². The number of aryl methyl sites for hydroxylation is 1. The third-order valence-corrected chi connectivity index (χ3v) is 7.49. The molecule has 2 unspecified atom stereocenters. The van der Waals surface area contributed by atoms with E-state index in [0.29, 0.717) is 24.8 Å². The van der Waals surface area contributed by atoms with Gasteiger partial charge in [0.05, 0.1) is 18.5 Å². The number of benzene rings is 2. The Kier molecular flexibility index (Phi) is 7.66. The van der Waals surface area contributed by atoms with Gasteiger partial charge in [0.15, 0.2) is 0 Å². The SMILES string of the molecule is Cc1ccc(-c2noc(CN3CCCC(C(=O)NC(C)c4ccc(N5CCCCC5)cc4)C3)n2)cc1. The quantitative estimate of drug-likeness (QED) is 0.498. The van der Waals surface area contributed by atoms with Crippen LogP contribution in [0.5, 0.6) is 0 Å².